The van der Waals surface area contributed by atoms with Crippen molar-refractivity contribution in [1.29, 1.82) is 0 Å². The van der Waals surface area contributed by atoms with Crippen molar-refractivity contribution < 1.29 is 13.5 Å². The molecule has 0 unspecified atom stereocenters. The van der Waals surface area contributed by atoms with Crippen LogP contribution in [0.3, 0.4) is 0 Å². The Balaban J connectivity index is 1.70. The number of methoxy groups -OCH3 is 1. The van der Waals surface area contributed by atoms with Crippen molar-refractivity contribution in [2.24, 2.45) is 0 Å². The predicted octanol–water partition coefficient (Wildman–Crippen LogP) is 3.96. The van der Waals surface area contributed by atoms with Gasteiger partial charge in [0.25, 0.3) is 5.78 Å². The largest absolute Gasteiger partial charge is 0.497 e. The van der Waals surface area contributed by atoms with Gasteiger partial charge in [-0.1, -0.05) is 12.1 Å². The van der Waals surface area contributed by atoms with E-state index >= 15 is 0 Å². The highest BCUT2D eigenvalue weighted by atomic mass is 19.1. The van der Waals surface area contributed by atoms with Crippen LogP contribution in [0.1, 0.15) is 5.56 Å². The van der Waals surface area contributed by atoms with E-state index < -0.39 is 17.3 Å². The second kappa shape index (κ2) is 8.27. The Morgan fingerprint density at radius 3 is 2.03 bits per heavy atom. The van der Waals surface area contributed by atoms with E-state index in [1.54, 1.807) is 43.5 Å². The Hall–Kier alpha value is -4.40. The zero-order chi connectivity index (χ0) is 22.9. The maximum Gasteiger partial charge on any atom is 0.352 e. The summed E-state index contributed by atoms with van der Waals surface area (Å²) in [6.45, 7) is 0.209. The van der Waals surface area contributed by atoms with Crippen molar-refractivity contribution in [3.05, 3.63) is 100 Å². The zero-order valence-corrected chi connectivity index (χ0v) is 17.4. The van der Waals surface area contributed by atoms with Crippen LogP contribution < -0.4 is 10.4 Å². The fourth-order valence-corrected chi connectivity index (χ4v) is 3.59. The molecular weight excluding hydrogens is 428 g/mol. The molecule has 0 fully saturated rings. The number of halogens is 2. The van der Waals surface area contributed by atoms with E-state index in [0.29, 0.717) is 28.3 Å². The van der Waals surface area contributed by atoms with Crippen molar-refractivity contribution in [3.63, 3.8) is 0 Å². The van der Waals surface area contributed by atoms with Crippen LogP contribution in [0.4, 0.5) is 8.78 Å². The smallest absolute Gasteiger partial charge is 0.352 e. The van der Waals surface area contributed by atoms with Gasteiger partial charge in [-0.25, -0.2) is 22.7 Å². The fraction of sp³-hybridized carbons (Fsp3) is 0.0833. The van der Waals surface area contributed by atoms with Crippen LogP contribution in [0.5, 0.6) is 5.75 Å². The highest BCUT2D eigenvalue weighted by molar-refractivity contribution is 5.78. The molecule has 5 rings (SSSR count). The molecular formula is C24H17F2N5O2. The molecule has 2 heterocycles. The summed E-state index contributed by atoms with van der Waals surface area (Å²) in [5.74, 6) is -0.0170. The molecule has 164 valence electrons. The maximum atomic E-state index is 13.6. The summed E-state index contributed by atoms with van der Waals surface area (Å²) in [4.78, 5) is 13.4. The first kappa shape index (κ1) is 20.5. The summed E-state index contributed by atoms with van der Waals surface area (Å²) in [6, 6.07) is 18.6. The molecule has 0 N–H and O–H groups in total. The minimum absolute atomic E-state index is 0.0960. The molecule has 2 aromatic heterocycles. The number of benzene rings is 3. The van der Waals surface area contributed by atoms with E-state index in [9.17, 15) is 13.6 Å². The molecule has 33 heavy (non-hydrogen) atoms. The molecule has 3 aromatic carbocycles. The lowest BCUT2D eigenvalue weighted by molar-refractivity contribution is 0.414. The Morgan fingerprint density at radius 1 is 0.818 bits per heavy atom. The summed E-state index contributed by atoms with van der Waals surface area (Å²) < 4.78 is 34.9. The summed E-state index contributed by atoms with van der Waals surface area (Å²) in [5, 5.41) is 12.7. The second-order valence-electron chi connectivity index (χ2n) is 7.33. The summed E-state index contributed by atoms with van der Waals surface area (Å²) in [7, 11) is 1.58. The third-order valence-corrected chi connectivity index (χ3v) is 5.24. The van der Waals surface area contributed by atoms with Crippen molar-refractivity contribution in [3.8, 4) is 28.3 Å². The van der Waals surface area contributed by atoms with Gasteiger partial charge in [-0.05, 0) is 66.2 Å². The van der Waals surface area contributed by atoms with E-state index in [4.69, 9.17) is 4.74 Å². The molecule has 0 aliphatic carbocycles. The molecule has 0 saturated heterocycles. The Morgan fingerprint density at radius 2 is 1.42 bits per heavy atom. The Labute approximate surface area is 186 Å². The second-order valence-corrected chi connectivity index (χ2v) is 7.33. The first-order valence-electron chi connectivity index (χ1n) is 10.0. The highest BCUT2D eigenvalue weighted by Gasteiger charge is 2.20. The van der Waals surface area contributed by atoms with Gasteiger partial charge < -0.3 is 4.74 Å². The standard InChI is InChI=1S/C24H17F2N5O2/c1-33-20-12-2-15(3-13-20)14-30-24(32)31-22(17-6-10-19(26)11-7-17)21(27-28-23(31)29-30)16-4-8-18(25)9-5-16/h2-13H,14H2,1H3. The van der Waals surface area contributed by atoms with Gasteiger partial charge >= 0.3 is 5.69 Å². The van der Waals surface area contributed by atoms with Gasteiger partial charge in [0.05, 0.1) is 19.3 Å². The molecule has 5 aromatic rings. The molecule has 0 spiro atoms. The number of hydrogen-bond acceptors (Lipinski definition) is 5. The van der Waals surface area contributed by atoms with Crippen LogP contribution in [0.25, 0.3) is 28.3 Å². The zero-order valence-electron chi connectivity index (χ0n) is 17.4. The number of aromatic nitrogens is 5. The number of fused-ring (bicyclic) bond motifs is 1. The molecule has 0 aliphatic heterocycles. The molecule has 9 heteroatoms. The van der Waals surface area contributed by atoms with Crippen LogP contribution >= 0.6 is 0 Å². The van der Waals surface area contributed by atoms with E-state index in [1.807, 2.05) is 12.1 Å². The average molecular weight is 445 g/mol. The first-order chi connectivity index (χ1) is 16.0. The van der Waals surface area contributed by atoms with Crippen molar-refractivity contribution in [1.82, 2.24) is 24.4 Å². The minimum Gasteiger partial charge on any atom is -0.497 e. The van der Waals surface area contributed by atoms with E-state index in [2.05, 4.69) is 15.3 Å². The Kier molecular flexibility index (Phi) is 5.14. The van der Waals surface area contributed by atoms with Gasteiger partial charge in [0.1, 0.15) is 23.1 Å². The fourth-order valence-electron chi connectivity index (χ4n) is 3.59. The molecule has 0 saturated carbocycles. The van der Waals surface area contributed by atoms with E-state index in [0.717, 1.165) is 5.56 Å². The third-order valence-electron chi connectivity index (χ3n) is 5.24. The molecule has 0 bridgehead atoms. The first-order valence-corrected chi connectivity index (χ1v) is 10.0. The summed E-state index contributed by atoms with van der Waals surface area (Å²) >= 11 is 0. The van der Waals surface area contributed by atoms with Crippen LogP contribution in [-0.2, 0) is 6.54 Å². The monoisotopic (exact) mass is 445 g/mol. The third kappa shape index (κ3) is 3.84. The highest BCUT2D eigenvalue weighted by Crippen LogP contribution is 2.30. The molecule has 0 amide bonds. The van der Waals surface area contributed by atoms with Crippen LogP contribution in [0.2, 0.25) is 0 Å². The summed E-state index contributed by atoms with van der Waals surface area (Å²) in [5.41, 5.74) is 2.24. The van der Waals surface area contributed by atoms with Crippen molar-refractivity contribution >= 4 is 5.78 Å². The number of nitrogens with zero attached hydrogens (tertiary/aromatic N) is 5. The molecule has 7 nitrogen and oxygen atoms in total. The lowest BCUT2D eigenvalue weighted by Crippen LogP contribution is -2.23. The average Bonchev–Trinajstić information content (AvgIpc) is 3.15. The Bertz CT molecular complexity index is 1490. The minimum atomic E-state index is -0.432. The van der Waals surface area contributed by atoms with Crippen LogP contribution in [0, 0.1) is 11.6 Å². The van der Waals surface area contributed by atoms with Crippen LogP contribution in [-0.4, -0.2) is 31.5 Å². The van der Waals surface area contributed by atoms with Crippen molar-refractivity contribution in [2.75, 3.05) is 7.11 Å². The van der Waals surface area contributed by atoms with Gasteiger partial charge in [0.15, 0.2) is 0 Å². The van der Waals surface area contributed by atoms with Gasteiger partial charge in [-0.2, -0.15) is 0 Å². The van der Waals surface area contributed by atoms with E-state index in [-0.39, 0.29) is 12.3 Å². The summed E-state index contributed by atoms with van der Waals surface area (Å²) in [6.07, 6.45) is 0. The SMILES string of the molecule is COc1ccc(Cn2nc3nnc(-c4ccc(F)cc4)c(-c4ccc(F)cc4)n3c2=O)cc1. The lowest BCUT2D eigenvalue weighted by atomic mass is 10.0. The lowest BCUT2D eigenvalue weighted by Gasteiger charge is -2.10. The number of hydrogen-bond donors (Lipinski definition) is 0. The normalized spacial score (nSPS) is 11.1. The molecule has 0 aliphatic rings. The molecule has 0 atom stereocenters. The van der Waals surface area contributed by atoms with Gasteiger partial charge in [0.2, 0.25) is 0 Å². The van der Waals surface area contributed by atoms with E-state index in [1.165, 1.54) is 33.3 Å². The number of rotatable bonds is 5. The topological polar surface area (TPSA) is 74.3 Å². The van der Waals surface area contributed by atoms with Crippen LogP contribution in [0.15, 0.2) is 77.6 Å². The van der Waals surface area contributed by atoms with Gasteiger partial charge in [-0.3, -0.25) is 0 Å². The molecule has 0 radical (unpaired) electrons. The van der Waals surface area contributed by atoms with Crippen molar-refractivity contribution in [2.45, 2.75) is 6.54 Å². The quantitative estimate of drug-likeness (QED) is 0.410. The number of ether oxygens (including phenoxy) is 1. The predicted molar refractivity (Wildman–Crippen MR) is 118 cm³/mol. The van der Waals surface area contributed by atoms with Gasteiger partial charge in [0, 0.05) is 11.1 Å². The van der Waals surface area contributed by atoms with Gasteiger partial charge in [-0.15, -0.1) is 15.3 Å². The maximum absolute atomic E-state index is 13.6.